The zero-order chi connectivity index (χ0) is 14.7. The lowest BCUT2D eigenvalue weighted by molar-refractivity contribution is 0.118. The topological polar surface area (TPSA) is 36.4 Å². The van der Waals surface area contributed by atoms with Crippen molar-refractivity contribution in [3.63, 3.8) is 0 Å². The Labute approximate surface area is 130 Å². The van der Waals surface area contributed by atoms with Crippen LogP contribution in [0, 0.1) is 0 Å². The average molecular weight is 305 g/mol. The van der Waals surface area contributed by atoms with Crippen molar-refractivity contribution in [1.29, 1.82) is 0 Å². The summed E-state index contributed by atoms with van der Waals surface area (Å²) in [5, 5.41) is 11.3. The van der Waals surface area contributed by atoms with Crippen molar-refractivity contribution in [3.05, 3.63) is 41.0 Å². The standard InChI is InChI=1S/C17H21ClN2O/c18-17-14(10-13-6-3-4-8-16(13)19-17)11-20-9-5-1-2-7-15(20)12-21/h3-4,6,8,10,15,21H,1-2,5,7,9,11-12H2. The molecule has 0 radical (unpaired) electrons. The number of rotatable bonds is 3. The van der Waals surface area contributed by atoms with Gasteiger partial charge in [-0.2, -0.15) is 0 Å². The van der Waals surface area contributed by atoms with Gasteiger partial charge in [-0.1, -0.05) is 42.6 Å². The SMILES string of the molecule is OCC1CCCCCN1Cc1cc2ccccc2nc1Cl. The number of nitrogens with zero attached hydrogens (tertiary/aromatic N) is 2. The monoisotopic (exact) mass is 304 g/mol. The van der Waals surface area contributed by atoms with Crippen molar-refractivity contribution in [1.82, 2.24) is 9.88 Å². The summed E-state index contributed by atoms with van der Waals surface area (Å²) in [6.07, 6.45) is 4.70. The highest BCUT2D eigenvalue weighted by Gasteiger charge is 2.21. The first-order valence-corrected chi connectivity index (χ1v) is 8.05. The number of likely N-dealkylation sites (tertiary alicyclic amines) is 1. The lowest BCUT2D eigenvalue weighted by atomic mass is 10.1. The Morgan fingerprint density at radius 2 is 2.10 bits per heavy atom. The number of aliphatic hydroxyl groups excluding tert-OH is 1. The van der Waals surface area contributed by atoms with Crippen LogP contribution in [0.5, 0.6) is 0 Å². The number of para-hydroxylation sites is 1. The number of aromatic nitrogens is 1. The second-order valence-corrected chi connectivity index (χ2v) is 6.15. The van der Waals surface area contributed by atoms with Gasteiger partial charge in [0.25, 0.3) is 0 Å². The largest absolute Gasteiger partial charge is 0.395 e. The second-order valence-electron chi connectivity index (χ2n) is 5.79. The maximum atomic E-state index is 9.62. The summed E-state index contributed by atoms with van der Waals surface area (Å²) in [6.45, 7) is 2.01. The molecule has 0 aliphatic carbocycles. The summed E-state index contributed by atoms with van der Waals surface area (Å²) in [5.41, 5.74) is 1.98. The van der Waals surface area contributed by atoms with Gasteiger partial charge in [-0.25, -0.2) is 4.98 Å². The smallest absolute Gasteiger partial charge is 0.134 e. The zero-order valence-corrected chi connectivity index (χ0v) is 12.9. The molecule has 112 valence electrons. The molecule has 4 heteroatoms. The fourth-order valence-corrected chi connectivity index (χ4v) is 3.32. The van der Waals surface area contributed by atoms with E-state index in [-0.39, 0.29) is 12.6 Å². The minimum Gasteiger partial charge on any atom is -0.395 e. The normalized spacial score (nSPS) is 20.6. The van der Waals surface area contributed by atoms with Gasteiger partial charge in [0.15, 0.2) is 0 Å². The van der Waals surface area contributed by atoms with Crippen molar-refractivity contribution in [2.75, 3.05) is 13.2 Å². The van der Waals surface area contributed by atoms with Crippen molar-refractivity contribution >= 4 is 22.5 Å². The number of aliphatic hydroxyl groups is 1. The third kappa shape index (κ3) is 3.37. The Morgan fingerprint density at radius 3 is 2.95 bits per heavy atom. The molecule has 1 saturated heterocycles. The summed E-state index contributed by atoms with van der Waals surface area (Å²) in [4.78, 5) is 6.84. The maximum absolute atomic E-state index is 9.62. The number of fused-ring (bicyclic) bond motifs is 1. The summed E-state index contributed by atoms with van der Waals surface area (Å²) in [6, 6.07) is 10.4. The fraction of sp³-hybridized carbons (Fsp3) is 0.471. The Kier molecular flexibility index (Phi) is 4.73. The minimum atomic E-state index is 0.221. The lowest BCUT2D eigenvalue weighted by Crippen LogP contribution is -2.37. The van der Waals surface area contributed by atoms with Crippen LogP contribution in [0.4, 0.5) is 0 Å². The highest BCUT2D eigenvalue weighted by Crippen LogP contribution is 2.25. The molecule has 1 aromatic heterocycles. The Balaban J connectivity index is 1.87. The molecule has 0 saturated carbocycles. The molecule has 3 nitrogen and oxygen atoms in total. The minimum absolute atomic E-state index is 0.221. The molecule has 1 atom stereocenters. The van der Waals surface area contributed by atoms with E-state index in [1.165, 1.54) is 19.3 Å². The van der Waals surface area contributed by atoms with Gasteiger partial charge in [0.1, 0.15) is 5.15 Å². The first-order valence-electron chi connectivity index (χ1n) is 7.67. The van der Waals surface area contributed by atoms with Crippen LogP contribution in [0.3, 0.4) is 0 Å². The van der Waals surface area contributed by atoms with E-state index >= 15 is 0 Å². The van der Waals surface area contributed by atoms with Crippen LogP contribution in [0.25, 0.3) is 10.9 Å². The molecule has 1 fully saturated rings. The first kappa shape index (κ1) is 14.8. The van der Waals surface area contributed by atoms with Crippen molar-refractivity contribution in [2.45, 2.75) is 38.3 Å². The number of halogens is 1. The molecule has 2 aromatic rings. The van der Waals surface area contributed by atoms with Crippen LogP contribution in [-0.4, -0.2) is 34.2 Å². The molecular formula is C17H21ClN2O. The molecule has 2 heterocycles. The summed E-state index contributed by atoms with van der Waals surface area (Å²) >= 11 is 6.35. The van der Waals surface area contributed by atoms with Gasteiger partial charge in [0.2, 0.25) is 0 Å². The molecule has 3 rings (SSSR count). The van der Waals surface area contributed by atoms with Gasteiger partial charge in [-0.15, -0.1) is 0 Å². The predicted octanol–water partition coefficient (Wildman–Crippen LogP) is 3.63. The van der Waals surface area contributed by atoms with Gasteiger partial charge in [0, 0.05) is 23.5 Å². The van der Waals surface area contributed by atoms with Crippen LogP contribution in [0.2, 0.25) is 5.15 Å². The number of pyridine rings is 1. The maximum Gasteiger partial charge on any atom is 0.134 e. The molecule has 1 aliphatic rings. The molecule has 0 bridgehead atoms. The number of benzene rings is 1. The van der Waals surface area contributed by atoms with Crippen LogP contribution in [0.1, 0.15) is 31.2 Å². The quantitative estimate of drug-likeness (QED) is 0.880. The molecule has 1 N–H and O–H groups in total. The highest BCUT2D eigenvalue weighted by molar-refractivity contribution is 6.30. The zero-order valence-electron chi connectivity index (χ0n) is 12.1. The van der Waals surface area contributed by atoms with Crippen LogP contribution >= 0.6 is 11.6 Å². The lowest BCUT2D eigenvalue weighted by Gasteiger charge is -2.28. The van der Waals surface area contributed by atoms with E-state index in [0.717, 1.165) is 36.0 Å². The fourth-order valence-electron chi connectivity index (χ4n) is 3.12. The Hall–Kier alpha value is -1.16. The number of hydrogen-bond acceptors (Lipinski definition) is 3. The van der Waals surface area contributed by atoms with Gasteiger partial charge < -0.3 is 5.11 Å². The predicted molar refractivity (Wildman–Crippen MR) is 86.5 cm³/mol. The van der Waals surface area contributed by atoms with Crippen molar-refractivity contribution in [2.24, 2.45) is 0 Å². The van der Waals surface area contributed by atoms with Crippen LogP contribution in [0.15, 0.2) is 30.3 Å². The van der Waals surface area contributed by atoms with Crippen molar-refractivity contribution in [3.8, 4) is 0 Å². The first-order chi connectivity index (χ1) is 10.3. The van der Waals surface area contributed by atoms with E-state index in [4.69, 9.17) is 11.6 Å². The van der Waals surface area contributed by atoms with E-state index in [1.807, 2.05) is 18.2 Å². The van der Waals surface area contributed by atoms with Crippen LogP contribution in [-0.2, 0) is 6.54 Å². The second kappa shape index (κ2) is 6.73. The molecular weight excluding hydrogens is 284 g/mol. The van der Waals surface area contributed by atoms with Gasteiger partial charge in [-0.3, -0.25) is 4.90 Å². The molecule has 0 spiro atoms. The van der Waals surface area contributed by atoms with E-state index in [9.17, 15) is 5.11 Å². The third-order valence-corrected chi connectivity index (χ3v) is 4.66. The molecule has 0 amide bonds. The Bertz CT molecular complexity index is 617. The van der Waals surface area contributed by atoms with E-state index in [0.29, 0.717) is 5.15 Å². The van der Waals surface area contributed by atoms with Gasteiger partial charge in [0.05, 0.1) is 12.1 Å². The summed E-state index contributed by atoms with van der Waals surface area (Å²) in [5.74, 6) is 0. The summed E-state index contributed by atoms with van der Waals surface area (Å²) in [7, 11) is 0. The highest BCUT2D eigenvalue weighted by atomic mass is 35.5. The average Bonchev–Trinajstić information content (AvgIpc) is 2.73. The molecule has 1 aromatic carbocycles. The summed E-state index contributed by atoms with van der Waals surface area (Å²) < 4.78 is 0. The van der Waals surface area contributed by atoms with Gasteiger partial charge in [-0.05, 0) is 31.5 Å². The Morgan fingerprint density at radius 1 is 1.24 bits per heavy atom. The van der Waals surface area contributed by atoms with Crippen LogP contribution < -0.4 is 0 Å². The molecule has 1 aliphatic heterocycles. The van der Waals surface area contributed by atoms with E-state index in [2.05, 4.69) is 22.0 Å². The molecule has 21 heavy (non-hydrogen) atoms. The molecule has 1 unspecified atom stereocenters. The van der Waals surface area contributed by atoms with E-state index in [1.54, 1.807) is 0 Å². The third-order valence-electron chi connectivity index (χ3n) is 4.33. The van der Waals surface area contributed by atoms with Crippen molar-refractivity contribution < 1.29 is 5.11 Å². The number of hydrogen-bond donors (Lipinski definition) is 1. The van der Waals surface area contributed by atoms with E-state index < -0.39 is 0 Å². The van der Waals surface area contributed by atoms with Gasteiger partial charge >= 0.3 is 0 Å².